The minimum atomic E-state index is -0.0653. The zero-order chi connectivity index (χ0) is 17.1. The topological polar surface area (TPSA) is 49.3 Å². The second-order valence-electron chi connectivity index (χ2n) is 9.97. The van der Waals surface area contributed by atoms with Crippen LogP contribution in [0.25, 0.3) is 0 Å². The molecule has 0 spiro atoms. The van der Waals surface area contributed by atoms with E-state index in [4.69, 9.17) is 0 Å². The third-order valence-corrected chi connectivity index (χ3v) is 9.02. The molecule has 4 fully saturated rings. The van der Waals surface area contributed by atoms with Crippen molar-refractivity contribution >= 4 is 5.91 Å². The van der Waals surface area contributed by atoms with Crippen molar-refractivity contribution in [2.75, 3.05) is 0 Å². The number of hydrogen-bond donors (Lipinski definition) is 2. The molecule has 4 aliphatic rings. The van der Waals surface area contributed by atoms with Gasteiger partial charge in [-0.05, 0) is 92.3 Å². The van der Waals surface area contributed by atoms with Gasteiger partial charge in [0.05, 0.1) is 6.10 Å². The van der Waals surface area contributed by atoms with Crippen molar-refractivity contribution in [1.29, 1.82) is 0 Å². The van der Waals surface area contributed by atoms with Gasteiger partial charge in [0.2, 0.25) is 5.91 Å². The molecule has 2 N–H and O–H groups in total. The monoisotopic (exact) mass is 333 g/mol. The van der Waals surface area contributed by atoms with Crippen molar-refractivity contribution in [2.45, 2.75) is 90.7 Å². The molecule has 3 nitrogen and oxygen atoms in total. The molecule has 0 heterocycles. The summed E-state index contributed by atoms with van der Waals surface area (Å²) in [4.78, 5) is 11.4. The van der Waals surface area contributed by atoms with E-state index >= 15 is 0 Å². The number of carbonyl (C=O) groups is 1. The van der Waals surface area contributed by atoms with Gasteiger partial charge in [-0.3, -0.25) is 4.79 Å². The van der Waals surface area contributed by atoms with E-state index in [1.807, 2.05) is 0 Å². The first-order valence-electron chi connectivity index (χ1n) is 10.3. The predicted octanol–water partition coefficient (Wildman–Crippen LogP) is 3.89. The summed E-state index contributed by atoms with van der Waals surface area (Å²) in [6, 6.07) is 0.402. The molecule has 0 saturated heterocycles. The highest BCUT2D eigenvalue weighted by atomic mass is 16.3. The number of aliphatic hydroxyl groups excluding tert-OH is 1. The van der Waals surface area contributed by atoms with Crippen molar-refractivity contribution in [3.63, 3.8) is 0 Å². The van der Waals surface area contributed by atoms with E-state index in [-0.39, 0.29) is 17.4 Å². The van der Waals surface area contributed by atoms with E-state index in [9.17, 15) is 9.90 Å². The fourth-order valence-electron chi connectivity index (χ4n) is 7.65. The van der Waals surface area contributed by atoms with E-state index in [1.54, 1.807) is 6.92 Å². The Bertz CT molecular complexity index is 520. The Morgan fingerprint density at radius 2 is 1.67 bits per heavy atom. The lowest BCUT2D eigenvalue weighted by atomic mass is 9.45. The van der Waals surface area contributed by atoms with Crippen LogP contribution in [0.5, 0.6) is 0 Å². The average molecular weight is 334 g/mol. The van der Waals surface area contributed by atoms with Crippen molar-refractivity contribution in [2.24, 2.45) is 34.5 Å². The van der Waals surface area contributed by atoms with Crippen molar-refractivity contribution in [1.82, 2.24) is 5.32 Å². The molecule has 0 bridgehead atoms. The quantitative estimate of drug-likeness (QED) is 0.765. The van der Waals surface area contributed by atoms with Gasteiger partial charge in [-0.1, -0.05) is 13.8 Å². The molecule has 0 aromatic rings. The molecule has 0 aromatic carbocycles. The number of fused-ring (bicyclic) bond motifs is 5. The average Bonchev–Trinajstić information content (AvgIpc) is 2.83. The molecular weight excluding hydrogens is 298 g/mol. The fraction of sp³-hybridized carbons (Fsp3) is 0.952. The van der Waals surface area contributed by atoms with Gasteiger partial charge >= 0.3 is 0 Å². The van der Waals surface area contributed by atoms with Crippen LogP contribution in [0.1, 0.15) is 78.6 Å². The number of carbonyl (C=O) groups excluding carboxylic acids is 1. The first-order valence-corrected chi connectivity index (χ1v) is 10.3. The van der Waals surface area contributed by atoms with Crippen LogP contribution in [0.4, 0.5) is 0 Å². The zero-order valence-electron chi connectivity index (χ0n) is 15.7. The van der Waals surface area contributed by atoms with Crippen molar-refractivity contribution in [3.05, 3.63) is 0 Å². The van der Waals surface area contributed by atoms with Crippen molar-refractivity contribution in [3.8, 4) is 0 Å². The minimum Gasteiger partial charge on any atom is -0.393 e. The number of amides is 1. The molecule has 0 aliphatic heterocycles. The lowest BCUT2D eigenvalue weighted by molar-refractivity contribution is -0.129. The summed E-state index contributed by atoms with van der Waals surface area (Å²) in [5, 5.41) is 13.7. The molecule has 8 unspecified atom stereocenters. The van der Waals surface area contributed by atoms with Gasteiger partial charge in [-0.2, -0.15) is 0 Å². The van der Waals surface area contributed by atoms with Crippen LogP contribution in [0.2, 0.25) is 0 Å². The molecule has 0 aromatic heterocycles. The highest BCUT2D eigenvalue weighted by Crippen LogP contribution is 2.66. The summed E-state index contributed by atoms with van der Waals surface area (Å²) >= 11 is 0. The maximum Gasteiger partial charge on any atom is 0.217 e. The molecule has 24 heavy (non-hydrogen) atoms. The van der Waals surface area contributed by atoms with Gasteiger partial charge in [0.1, 0.15) is 0 Å². The van der Waals surface area contributed by atoms with Crippen LogP contribution in [0.15, 0.2) is 0 Å². The van der Waals surface area contributed by atoms with Crippen LogP contribution in [0.3, 0.4) is 0 Å². The van der Waals surface area contributed by atoms with Crippen LogP contribution < -0.4 is 5.32 Å². The number of aliphatic hydroxyl groups is 1. The van der Waals surface area contributed by atoms with Gasteiger partial charge < -0.3 is 10.4 Å². The molecule has 1 amide bonds. The summed E-state index contributed by atoms with van der Waals surface area (Å²) in [6.07, 6.45) is 11.0. The third-order valence-electron chi connectivity index (χ3n) is 9.02. The van der Waals surface area contributed by atoms with E-state index in [2.05, 4.69) is 19.2 Å². The summed E-state index contributed by atoms with van der Waals surface area (Å²) < 4.78 is 0. The maximum absolute atomic E-state index is 11.4. The minimum absolute atomic E-state index is 0.0653. The predicted molar refractivity (Wildman–Crippen MR) is 95.3 cm³/mol. The zero-order valence-corrected chi connectivity index (χ0v) is 15.7. The van der Waals surface area contributed by atoms with E-state index in [1.165, 1.54) is 44.9 Å². The second kappa shape index (κ2) is 5.72. The van der Waals surface area contributed by atoms with Crippen LogP contribution in [0, 0.1) is 34.5 Å². The molecule has 4 aliphatic carbocycles. The number of nitrogens with one attached hydrogen (secondary N) is 1. The molecule has 4 saturated carbocycles. The first kappa shape index (κ1) is 16.9. The second-order valence-corrected chi connectivity index (χ2v) is 9.97. The molecule has 8 atom stereocenters. The largest absolute Gasteiger partial charge is 0.393 e. The van der Waals surface area contributed by atoms with Gasteiger partial charge in [0.15, 0.2) is 0 Å². The Balaban J connectivity index is 1.53. The summed E-state index contributed by atoms with van der Waals surface area (Å²) in [5.41, 5.74) is 0.657. The van der Waals surface area contributed by atoms with E-state index in [0.717, 1.165) is 36.5 Å². The third kappa shape index (κ3) is 2.37. The Kier molecular flexibility index (Phi) is 4.02. The first-order chi connectivity index (χ1) is 11.3. The fourth-order valence-corrected chi connectivity index (χ4v) is 7.65. The molecule has 136 valence electrons. The molecule has 4 rings (SSSR count). The van der Waals surface area contributed by atoms with Gasteiger partial charge in [0.25, 0.3) is 0 Å². The molecule has 3 heteroatoms. The van der Waals surface area contributed by atoms with Crippen LogP contribution in [-0.4, -0.2) is 23.2 Å². The Hall–Kier alpha value is -0.570. The maximum atomic E-state index is 11.4. The lowest BCUT2D eigenvalue weighted by Gasteiger charge is -2.61. The highest BCUT2D eigenvalue weighted by Gasteiger charge is 2.59. The van der Waals surface area contributed by atoms with Crippen molar-refractivity contribution < 1.29 is 9.90 Å². The van der Waals surface area contributed by atoms with Crippen LogP contribution >= 0.6 is 0 Å². The summed E-state index contributed by atoms with van der Waals surface area (Å²) in [5.74, 6) is 3.33. The van der Waals surface area contributed by atoms with Gasteiger partial charge in [0, 0.05) is 13.0 Å². The number of rotatable bonds is 1. The van der Waals surface area contributed by atoms with Crippen LogP contribution in [-0.2, 0) is 4.79 Å². The highest BCUT2D eigenvalue weighted by molar-refractivity contribution is 5.73. The standard InChI is InChI=1S/C21H35NO2/c1-13(23)22-15-8-10-20(2)14(12-15)4-5-16-17-6-7-19(24)21(17,3)11-9-18(16)20/h14-19,24H,4-12H2,1-3H3,(H,22,23). The molecule has 0 radical (unpaired) electrons. The summed E-state index contributed by atoms with van der Waals surface area (Å²) in [6.45, 7) is 6.58. The normalized spacial score (nSPS) is 53.7. The SMILES string of the molecule is CC(=O)NC1CCC2(C)C(CCC3C4CCC(O)C4(C)CCC32)C1. The Morgan fingerprint density at radius 1 is 0.958 bits per heavy atom. The van der Waals surface area contributed by atoms with Gasteiger partial charge in [-0.25, -0.2) is 0 Å². The molecular formula is C21H35NO2. The Morgan fingerprint density at radius 3 is 2.42 bits per heavy atom. The van der Waals surface area contributed by atoms with Gasteiger partial charge in [-0.15, -0.1) is 0 Å². The lowest BCUT2D eigenvalue weighted by Crippen LogP contribution is -2.55. The Labute approximate surface area is 147 Å². The number of hydrogen-bond acceptors (Lipinski definition) is 2. The summed E-state index contributed by atoms with van der Waals surface area (Å²) in [7, 11) is 0. The smallest absolute Gasteiger partial charge is 0.217 e. The van der Waals surface area contributed by atoms with E-state index in [0.29, 0.717) is 11.5 Å². The van der Waals surface area contributed by atoms with E-state index < -0.39 is 0 Å².